The monoisotopic (exact) mass is 1150 g/mol. The lowest BCUT2D eigenvalue weighted by atomic mass is 9.95. The number of hydrogen-bond acceptors (Lipinski definition) is 9. The van der Waals surface area contributed by atoms with Crippen molar-refractivity contribution in [1.82, 2.24) is 10.6 Å². The highest BCUT2D eigenvalue weighted by molar-refractivity contribution is 4.76. The topological polar surface area (TPSA) is 88.7 Å². The smallest absolute Gasteiger partial charge is 0.160 e. The molecule has 5 atom stereocenters. The second-order valence-electron chi connectivity index (χ2n) is 22.4. The molecule has 2 N–H and O–H groups in total. The summed E-state index contributed by atoms with van der Waals surface area (Å²) in [5.74, 6) is 7.99. The number of hydrogen-bond donors (Lipinski definition) is 2. The van der Waals surface area contributed by atoms with Crippen molar-refractivity contribution in [1.29, 1.82) is 0 Å². The quantitative estimate of drug-likeness (QED) is 0.247. The van der Waals surface area contributed by atoms with Gasteiger partial charge in [0.05, 0.1) is 44.7 Å². The Kier molecular flexibility index (Phi) is 89.7. The van der Waals surface area contributed by atoms with Crippen molar-refractivity contribution in [2.45, 2.75) is 348 Å². The van der Waals surface area contributed by atoms with E-state index in [9.17, 15) is 0 Å². The van der Waals surface area contributed by atoms with Crippen LogP contribution in [-0.2, 0) is 33.2 Å². The van der Waals surface area contributed by atoms with Crippen molar-refractivity contribution in [3.8, 4) is 0 Å². The van der Waals surface area contributed by atoms with E-state index in [1.807, 2.05) is 111 Å². The van der Waals surface area contributed by atoms with Crippen LogP contribution in [-0.4, -0.2) is 96.4 Å². The summed E-state index contributed by atoms with van der Waals surface area (Å²) < 4.78 is 36.7. The fourth-order valence-corrected chi connectivity index (χ4v) is 9.15. The molecule has 80 heavy (non-hydrogen) atoms. The van der Waals surface area contributed by atoms with Gasteiger partial charge in [-0.1, -0.05) is 273 Å². The highest BCUT2D eigenvalue weighted by Gasteiger charge is 2.22. The maximum Gasteiger partial charge on any atom is 0.160 e. The summed E-state index contributed by atoms with van der Waals surface area (Å²) in [5.41, 5.74) is 0. The van der Waals surface area contributed by atoms with Crippen LogP contribution in [0.3, 0.4) is 0 Å². The van der Waals surface area contributed by atoms with Gasteiger partial charge in [0.2, 0.25) is 0 Å². The van der Waals surface area contributed by atoms with Crippen molar-refractivity contribution in [2.75, 3.05) is 59.5 Å². The van der Waals surface area contributed by atoms with E-state index in [0.717, 1.165) is 93.7 Å². The number of rotatable bonds is 8. The molecule has 496 valence electrons. The van der Waals surface area contributed by atoms with Gasteiger partial charge in [-0.25, -0.2) is 0 Å². The van der Waals surface area contributed by atoms with E-state index in [1.165, 1.54) is 96.4 Å². The molecule has 6 aliphatic heterocycles. The van der Waals surface area contributed by atoms with E-state index in [1.54, 1.807) is 0 Å². The molecule has 6 heterocycles. The zero-order chi connectivity index (χ0) is 63.9. The number of ether oxygens (including phenoxy) is 7. The summed E-state index contributed by atoms with van der Waals surface area (Å²) >= 11 is 0. The summed E-state index contributed by atoms with van der Waals surface area (Å²) in [5, 5.41) is 6.69. The average Bonchev–Trinajstić information content (AvgIpc) is 4.34. The number of nitrogens with one attached hydrogen (secondary N) is 2. The van der Waals surface area contributed by atoms with Crippen molar-refractivity contribution in [2.24, 2.45) is 59.2 Å². The maximum atomic E-state index is 5.41. The maximum absolute atomic E-state index is 5.41. The van der Waals surface area contributed by atoms with Crippen LogP contribution in [0.25, 0.3) is 0 Å². The van der Waals surface area contributed by atoms with Crippen LogP contribution >= 0.6 is 0 Å². The van der Waals surface area contributed by atoms with E-state index in [0.29, 0.717) is 49.1 Å². The molecule has 0 aromatic rings. The molecule has 0 spiro atoms. The zero-order valence-corrected chi connectivity index (χ0v) is 61.4. The van der Waals surface area contributed by atoms with Crippen LogP contribution in [0.1, 0.15) is 311 Å². The molecule has 0 amide bonds. The van der Waals surface area contributed by atoms with Crippen LogP contribution in [0.4, 0.5) is 0 Å². The molecule has 5 unspecified atom stereocenters. The van der Waals surface area contributed by atoms with Gasteiger partial charge in [-0.2, -0.15) is 0 Å². The summed E-state index contributed by atoms with van der Waals surface area (Å²) in [6, 6.07) is 0.815. The summed E-state index contributed by atoms with van der Waals surface area (Å²) in [6.07, 6.45) is 21.6. The molecule has 6 saturated heterocycles. The molecular formula is C71H160N2O7. The molecule has 2 saturated carbocycles. The standard InChI is InChI=1S/2C8H16.C7H15N.2C7H14O.C6H13NO.2C6H12O2.8C2H6/c2*1-7(2)8-5-3-4-6-8;3*1-6(2)7-4-3-5-8-7;1-5(2)6-7-3-4-8-6;1-5(2)6-3-7-4-8-6;1-5(2)6-7-3-4-8-6;8*1-2/h2*7-8H,3-6H2,1-2H3;6-8H,3-5H2,1-2H3;2*6-7H,3-5H2,1-2H3;5-7H,3-4H2,1-2H3;2*5-6H,3-4H2,1-2H3;8*1-2H3. The minimum absolute atomic E-state index is 0.0648. The van der Waals surface area contributed by atoms with E-state index in [2.05, 4.69) is 121 Å². The Morgan fingerprint density at radius 3 is 0.825 bits per heavy atom. The molecule has 8 rings (SSSR count). The third-order valence-corrected chi connectivity index (χ3v) is 13.9. The van der Waals surface area contributed by atoms with Gasteiger partial charge in [0.1, 0.15) is 13.0 Å². The average molecular weight is 1150 g/mol. The van der Waals surface area contributed by atoms with Crippen LogP contribution in [0, 0.1) is 59.2 Å². The lowest BCUT2D eigenvalue weighted by Gasteiger charge is -2.12. The highest BCUT2D eigenvalue weighted by Crippen LogP contribution is 2.31. The van der Waals surface area contributed by atoms with Gasteiger partial charge in [0.25, 0.3) is 0 Å². The Labute approximate surface area is 508 Å². The van der Waals surface area contributed by atoms with E-state index >= 15 is 0 Å². The first-order valence-electron chi connectivity index (χ1n) is 35.2. The van der Waals surface area contributed by atoms with Crippen molar-refractivity contribution >= 4 is 0 Å². The van der Waals surface area contributed by atoms with Gasteiger partial charge in [-0.15, -0.1) is 0 Å². The molecule has 8 aliphatic rings. The van der Waals surface area contributed by atoms with Crippen LogP contribution in [0.2, 0.25) is 0 Å². The van der Waals surface area contributed by atoms with E-state index in [-0.39, 0.29) is 6.29 Å². The third kappa shape index (κ3) is 59.4. The first-order chi connectivity index (χ1) is 38.4. The largest absolute Gasteiger partial charge is 0.378 e. The Bertz CT molecular complexity index is 755. The zero-order valence-electron chi connectivity index (χ0n) is 61.4. The predicted molar refractivity (Wildman–Crippen MR) is 362 cm³/mol. The molecule has 0 aromatic carbocycles. The highest BCUT2D eigenvalue weighted by atomic mass is 16.7. The Balaban J connectivity index is -0.000000119. The molecule has 0 aromatic heterocycles. The first-order valence-corrected chi connectivity index (χ1v) is 35.2. The molecule has 0 radical (unpaired) electrons. The molecule has 9 nitrogen and oxygen atoms in total. The van der Waals surface area contributed by atoms with Crippen LogP contribution < -0.4 is 10.6 Å². The van der Waals surface area contributed by atoms with Gasteiger partial charge >= 0.3 is 0 Å². The van der Waals surface area contributed by atoms with Crippen molar-refractivity contribution in [3.05, 3.63) is 0 Å². The molecule has 2 aliphatic carbocycles. The van der Waals surface area contributed by atoms with Crippen molar-refractivity contribution < 1.29 is 33.2 Å². The predicted octanol–water partition coefficient (Wildman–Crippen LogP) is 21.5. The Morgan fingerprint density at radius 1 is 0.287 bits per heavy atom. The lowest BCUT2D eigenvalue weighted by molar-refractivity contribution is -0.0732. The fraction of sp³-hybridized carbons (Fsp3) is 1.00. The SMILES string of the molecule is CC.CC.CC.CC.CC.CC.CC.CC.CC(C)C1CCCC1.CC(C)C1CCCC1.CC(C)C1CCCN1.CC(C)C1CCCO1.CC(C)C1CCCO1.CC(C)C1COCO1.CC(C)C1NCCO1.CC(C)C1OCCO1. The van der Waals surface area contributed by atoms with Gasteiger partial charge in [0, 0.05) is 31.7 Å². The van der Waals surface area contributed by atoms with Gasteiger partial charge in [0.15, 0.2) is 6.29 Å². The summed E-state index contributed by atoms with van der Waals surface area (Å²) in [7, 11) is 0. The van der Waals surface area contributed by atoms with Crippen LogP contribution in [0.5, 0.6) is 0 Å². The second kappa shape index (κ2) is 74.7. The molecule has 8 fully saturated rings. The van der Waals surface area contributed by atoms with E-state index < -0.39 is 0 Å². The van der Waals surface area contributed by atoms with Gasteiger partial charge < -0.3 is 38.5 Å². The minimum Gasteiger partial charge on any atom is -0.378 e. The summed E-state index contributed by atoms with van der Waals surface area (Å²) in [4.78, 5) is 0. The fourth-order valence-electron chi connectivity index (χ4n) is 9.15. The Morgan fingerprint density at radius 2 is 0.675 bits per heavy atom. The van der Waals surface area contributed by atoms with Gasteiger partial charge in [-0.05, 0) is 98.3 Å². The minimum atomic E-state index is 0.0648. The lowest BCUT2D eigenvalue weighted by Crippen LogP contribution is -2.27. The van der Waals surface area contributed by atoms with Crippen molar-refractivity contribution in [3.63, 3.8) is 0 Å². The molecule has 9 heteroatoms. The third-order valence-electron chi connectivity index (χ3n) is 13.9. The van der Waals surface area contributed by atoms with Gasteiger partial charge in [-0.3, -0.25) is 5.32 Å². The Hall–Kier alpha value is -0.360. The normalized spacial score (nSPS) is 22.3. The first kappa shape index (κ1) is 96.0. The second-order valence-corrected chi connectivity index (χ2v) is 22.4. The van der Waals surface area contributed by atoms with E-state index in [4.69, 9.17) is 33.2 Å². The molecular weight excluding hydrogens is 993 g/mol. The summed E-state index contributed by atoms with van der Waals surface area (Å²) in [6.45, 7) is 75.5. The molecule has 0 bridgehead atoms. The van der Waals surface area contributed by atoms with Crippen LogP contribution in [0.15, 0.2) is 0 Å².